The molecule has 1 amide bonds. The highest BCUT2D eigenvalue weighted by atomic mass is 16.1. The molecular weight excluding hydrogens is 104 g/mol. The van der Waals surface area contributed by atoms with E-state index < -0.39 is 0 Å². The molecule has 0 aromatic carbocycles. The molecule has 0 saturated heterocycles. The van der Waals surface area contributed by atoms with Crippen molar-refractivity contribution in [3.05, 3.63) is 0 Å². The molecule has 0 atom stereocenters. The maximum absolute atomic E-state index is 9.56. The molecule has 46 valence electrons. The molecule has 0 unspecified atom stereocenters. The largest absolute Gasteiger partial charge is 0.277 e. The molecule has 0 spiro atoms. The summed E-state index contributed by atoms with van der Waals surface area (Å²) in [5.74, 6) is 0.391. The maximum Gasteiger partial charge on any atom is 0.227 e. The SMILES string of the molecule is CC(C)/C=N/NC=O. The fourth-order valence-electron chi connectivity index (χ4n) is 0.223. The molecule has 8 heavy (non-hydrogen) atoms. The van der Waals surface area contributed by atoms with Crippen LogP contribution in [0.3, 0.4) is 0 Å². The lowest BCUT2D eigenvalue weighted by atomic mass is 10.3. The van der Waals surface area contributed by atoms with Crippen LogP contribution in [0.4, 0.5) is 0 Å². The molecule has 0 aliphatic heterocycles. The smallest absolute Gasteiger partial charge is 0.227 e. The Bertz CT molecular complexity index is 88.4. The van der Waals surface area contributed by atoms with Crippen molar-refractivity contribution >= 4 is 12.6 Å². The van der Waals surface area contributed by atoms with Crippen LogP contribution < -0.4 is 5.43 Å². The average Bonchev–Trinajstić information content (AvgIpc) is 1.66. The third kappa shape index (κ3) is 5.14. The highest BCUT2D eigenvalue weighted by Gasteiger charge is 1.80. The van der Waals surface area contributed by atoms with E-state index in [2.05, 4.69) is 10.5 Å². The third-order valence-electron chi connectivity index (χ3n) is 0.500. The average molecular weight is 114 g/mol. The van der Waals surface area contributed by atoms with Crippen LogP contribution in [0.5, 0.6) is 0 Å². The number of nitrogens with zero attached hydrogens (tertiary/aromatic N) is 1. The van der Waals surface area contributed by atoms with Crippen LogP contribution in [0.1, 0.15) is 13.8 Å². The second-order valence-electron chi connectivity index (χ2n) is 1.77. The van der Waals surface area contributed by atoms with Gasteiger partial charge in [0.15, 0.2) is 0 Å². The molecule has 0 fully saturated rings. The Morgan fingerprint density at radius 3 is 2.62 bits per heavy atom. The molecule has 0 rings (SSSR count). The van der Waals surface area contributed by atoms with E-state index in [0.717, 1.165) is 0 Å². The van der Waals surface area contributed by atoms with E-state index in [-0.39, 0.29) is 0 Å². The molecule has 0 heterocycles. The molecule has 1 N–H and O–H groups in total. The van der Waals surface area contributed by atoms with Crippen LogP contribution >= 0.6 is 0 Å². The summed E-state index contributed by atoms with van der Waals surface area (Å²) in [6.07, 6.45) is 2.20. The standard InChI is InChI=1S/C5H10N2O/c1-5(2)3-6-7-4-8/h3-5H,1-2H3,(H,7,8)/b6-3+. The van der Waals surface area contributed by atoms with Crippen LogP contribution in [0.2, 0.25) is 0 Å². The van der Waals surface area contributed by atoms with Crippen LogP contribution in [-0.2, 0) is 4.79 Å². The highest BCUT2D eigenvalue weighted by molar-refractivity contribution is 5.61. The minimum atomic E-state index is 0.391. The minimum Gasteiger partial charge on any atom is -0.277 e. The van der Waals surface area contributed by atoms with E-state index in [4.69, 9.17) is 0 Å². The Hall–Kier alpha value is -0.860. The summed E-state index contributed by atoms with van der Waals surface area (Å²) in [6.45, 7) is 3.96. The van der Waals surface area contributed by atoms with E-state index in [0.29, 0.717) is 12.3 Å². The first-order chi connectivity index (χ1) is 3.77. The lowest BCUT2D eigenvalue weighted by Crippen LogP contribution is -2.02. The molecule has 3 heteroatoms. The molecule has 0 aromatic heterocycles. The van der Waals surface area contributed by atoms with Gasteiger partial charge < -0.3 is 0 Å². The summed E-state index contributed by atoms with van der Waals surface area (Å²) in [6, 6.07) is 0. The summed E-state index contributed by atoms with van der Waals surface area (Å²) < 4.78 is 0. The van der Waals surface area contributed by atoms with Crippen LogP contribution in [0.25, 0.3) is 0 Å². The van der Waals surface area contributed by atoms with Crippen molar-refractivity contribution in [2.24, 2.45) is 11.0 Å². The van der Waals surface area contributed by atoms with E-state index in [1.54, 1.807) is 6.21 Å². The number of amides is 1. The van der Waals surface area contributed by atoms with Crippen molar-refractivity contribution in [1.82, 2.24) is 5.43 Å². The Balaban J connectivity index is 3.19. The van der Waals surface area contributed by atoms with Crippen molar-refractivity contribution in [3.63, 3.8) is 0 Å². The van der Waals surface area contributed by atoms with Gasteiger partial charge in [0.05, 0.1) is 0 Å². The monoisotopic (exact) mass is 114 g/mol. The van der Waals surface area contributed by atoms with Gasteiger partial charge in [0, 0.05) is 6.21 Å². The van der Waals surface area contributed by atoms with Gasteiger partial charge in [-0.25, -0.2) is 0 Å². The van der Waals surface area contributed by atoms with Gasteiger partial charge in [-0.3, -0.25) is 10.2 Å². The molecular formula is C5H10N2O. The molecule has 0 aliphatic rings. The van der Waals surface area contributed by atoms with Crippen molar-refractivity contribution in [2.75, 3.05) is 0 Å². The minimum absolute atomic E-state index is 0.391. The van der Waals surface area contributed by atoms with Gasteiger partial charge in [0.1, 0.15) is 0 Å². The Kier molecular flexibility index (Phi) is 3.84. The number of hydrogen-bond donors (Lipinski definition) is 1. The fourth-order valence-corrected chi connectivity index (χ4v) is 0.223. The first kappa shape index (κ1) is 7.14. The molecule has 0 aromatic rings. The zero-order valence-electron chi connectivity index (χ0n) is 5.09. The molecule has 3 nitrogen and oxygen atoms in total. The number of carbonyl (C=O) groups is 1. The predicted molar refractivity (Wildman–Crippen MR) is 32.5 cm³/mol. The van der Waals surface area contributed by atoms with Gasteiger partial charge in [-0.15, -0.1) is 0 Å². The van der Waals surface area contributed by atoms with E-state index in [1.807, 2.05) is 13.8 Å². The van der Waals surface area contributed by atoms with Gasteiger partial charge in [0.25, 0.3) is 0 Å². The molecule has 0 radical (unpaired) electrons. The lowest BCUT2D eigenvalue weighted by Gasteiger charge is -1.89. The molecule has 0 saturated carbocycles. The summed E-state index contributed by atoms with van der Waals surface area (Å²) >= 11 is 0. The second kappa shape index (κ2) is 4.30. The summed E-state index contributed by atoms with van der Waals surface area (Å²) in [7, 11) is 0. The van der Waals surface area contributed by atoms with Crippen molar-refractivity contribution < 1.29 is 4.79 Å². The number of carbonyl (C=O) groups excluding carboxylic acids is 1. The number of nitrogens with one attached hydrogen (secondary N) is 1. The van der Waals surface area contributed by atoms with Crippen LogP contribution in [0.15, 0.2) is 5.10 Å². The zero-order chi connectivity index (χ0) is 6.41. The third-order valence-corrected chi connectivity index (χ3v) is 0.500. The van der Waals surface area contributed by atoms with Gasteiger partial charge in [0.2, 0.25) is 6.41 Å². The summed E-state index contributed by atoms with van der Waals surface area (Å²) in [5.41, 5.74) is 2.17. The Morgan fingerprint density at radius 1 is 1.62 bits per heavy atom. The van der Waals surface area contributed by atoms with Crippen molar-refractivity contribution in [2.45, 2.75) is 13.8 Å². The van der Waals surface area contributed by atoms with Gasteiger partial charge in [-0.2, -0.15) is 5.10 Å². The predicted octanol–water partition coefficient (Wildman–Crippen LogP) is 0.374. The second-order valence-corrected chi connectivity index (χ2v) is 1.77. The van der Waals surface area contributed by atoms with Crippen molar-refractivity contribution in [1.29, 1.82) is 0 Å². The van der Waals surface area contributed by atoms with E-state index in [1.165, 1.54) is 0 Å². The topological polar surface area (TPSA) is 41.5 Å². The van der Waals surface area contributed by atoms with Crippen molar-refractivity contribution in [3.8, 4) is 0 Å². The summed E-state index contributed by atoms with van der Waals surface area (Å²) in [5, 5.41) is 3.55. The number of hydrogen-bond acceptors (Lipinski definition) is 2. The fraction of sp³-hybridized carbons (Fsp3) is 0.600. The van der Waals surface area contributed by atoms with Gasteiger partial charge in [-0.05, 0) is 5.92 Å². The van der Waals surface area contributed by atoms with Crippen LogP contribution in [-0.4, -0.2) is 12.6 Å². The van der Waals surface area contributed by atoms with Gasteiger partial charge in [-0.1, -0.05) is 13.8 Å². The Labute approximate surface area is 48.8 Å². The molecule has 0 aliphatic carbocycles. The van der Waals surface area contributed by atoms with Crippen LogP contribution in [0, 0.1) is 5.92 Å². The lowest BCUT2D eigenvalue weighted by molar-refractivity contribution is -0.109. The number of hydrazone groups is 1. The zero-order valence-corrected chi connectivity index (χ0v) is 5.09. The Morgan fingerprint density at radius 2 is 2.25 bits per heavy atom. The summed E-state index contributed by atoms with van der Waals surface area (Å²) in [4.78, 5) is 9.56. The normalized spacial score (nSPS) is 10.4. The highest BCUT2D eigenvalue weighted by Crippen LogP contribution is 1.81. The number of rotatable bonds is 3. The van der Waals surface area contributed by atoms with E-state index >= 15 is 0 Å². The quantitative estimate of drug-likeness (QED) is 0.321. The maximum atomic E-state index is 9.56. The first-order valence-corrected chi connectivity index (χ1v) is 2.49. The molecule has 0 bridgehead atoms. The first-order valence-electron chi connectivity index (χ1n) is 2.49. The van der Waals surface area contributed by atoms with E-state index in [9.17, 15) is 4.79 Å². The van der Waals surface area contributed by atoms with Gasteiger partial charge >= 0.3 is 0 Å².